The standard InChI is InChI=1S/C51H32N2/c1-51(2)45-27-41-34-15-6-4-13-32(34)31-12-3-5-14-33(31)39(41)25-43(45)44-26-40-37-18-9-19-38(48(37)36-17-8-7-16-35(36)42(40)28-46(44)51)47-23-22-30-21-20-29-11-10-24-52-49(29)50(30)53-47/h3-28H,1-2H3. The quantitative estimate of drug-likeness (QED) is 0.162. The van der Waals surface area contributed by atoms with Crippen molar-refractivity contribution in [2.24, 2.45) is 0 Å². The van der Waals surface area contributed by atoms with Crippen molar-refractivity contribution in [2.45, 2.75) is 19.3 Å². The molecule has 2 heteroatoms. The Bertz CT molecular complexity index is 3430. The fourth-order valence-corrected chi connectivity index (χ4v) is 9.71. The van der Waals surface area contributed by atoms with Gasteiger partial charge < -0.3 is 0 Å². The maximum atomic E-state index is 5.33. The maximum Gasteiger partial charge on any atom is 0.0972 e. The van der Waals surface area contributed by atoms with Gasteiger partial charge in [0.05, 0.1) is 16.7 Å². The number of fused-ring (bicyclic) bond motifs is 18. The van der Waals surface area contributed by atoms with Crippen LogP contribution in [0.4, 0.5) is 0 Å². The Kier molecular flexibility index (Phi) is 5.60. The van der Waals surface area contributed by atoms with Crippen molar-refractivity contribution in [1.82, 2.24) is 9.97 Å². The number of nitrogens with zero attached hydrogens (tertiary/aromatic N) is 2. The Morgan fingerprint density at radius 3 is 1.49 bits per heavy atom. The fourth-order valence-electron chi connectivity index (χ4n) is 9.71. The van der Waals surface area contributed by atoms with E-state index in [1.165, 1.54) is 86.9 Å². The molecule has 0 spiro atoms. The van der Waals surface area contributed by atoms with Gasteiger partial charge in [0.25, 0.3) is 0 Å². The van der Waals surface area contributed by atoms with Crippen LogP contribution >= 0.6 is 0 Å². The molecule has 12 rings (SSSR count). The van der Waals surface area contributed by atoms with E-state index in [1.54, 1.807) is 0 Å². The van der Waals surface area contributed by atoms with Crippen molar-refractivity contribution in [3.05, 3.63) is 169 Å². The number of aromatic nitrogens is 2. The molecule has 0 fully saturated rings. The highest BCUT2D eigenvalue weighted by Gasteiger charge is 2.37. The van der Waals surface area contributed by atoms with Gasteiger partial charge in [-0.15, -0.1) is 0 Å². The molecular formula is C51H32N2. The van der Waals surface area contributed by atoms with Crippen molar-refractivity contribution < 1.29 is 0 Å². The van der Waals surface area contributed by atoms with Gasteiger partial charge in [-0.25, -0.2) is 4.98 Å². The highest BCUT2D eigenvalue weighted by atomic mass is 14.8. The van der Waals surface area contributed by atoms with Crippen molar-refractivity contribution in [3.8, 4) is 22.4 Å². The third kappa shape index (κ3) is 3.82. The zero-order valence-corrected chi connectivity index (χ0v) is 29.4. The molecule has 0 atom stereocenters. The number of benzene rings is 9. The van der Waals surface area contributed by atoms with E-state index >= 15 is 0 Å². The zero-order chi connectivity index (χ0) is 35.0. The second-order valence-electron chi connectivity index (χ2n) is 15.3. The van der Waals surface area contributed by atoms with E-state index in [0.29, 0.717) is 0 Å². The average molecular weight is 673 g/mol. The monoisotopic (exact) mass is 672 g/mol. The van der Waals surface area contributed by atoms with Gasteiger partial charge in [0.1, 0.15) is 0 Å². The summed E-state index contributed by atoms with van der Waals surface area (Å²) in [5.74, 6) is 0. The van der Waals surface area contributed by atoms with E-state index in [9.17, 15) is 0 Å². The normalized spacial score (nSPS) is 13.6. The molecule has 11 aromatic rings. The highest BCUT2D eigenvalue weighted by Crippen LogP contribution is 2.54. The van der Waals surface area contributed by atoms with Crippen LogP contribution in [0, 0.1) is 0 Å². The molecule has 0 unspecified atom stereocenters. The maximum absolute atomic E-state index is 5.33. The summed E-state index contributed by atoms with van der Waals surface area (Å²) >= 11 is 0. The Balaban J connectivity index is 1.18. The molecule has 246 valence electrons. The Morgan fingerprint density at radius 2 is 0.849 bits per heavy atom. The van der Waals surface area contributed by atoms with Gasteiger partial charge >= 0.3 is 0 Å². The summed E-state index contributed by atoms with van der Waals surface area (Å²) in [6.45, 7) is 4.81. The molecule has 0 radical (unpaired) electrons. The van der Waals surface area contributed by atoms with E-state index in [1.807, 2.05) is 12.3 Å². The lowest BCUT2D eigenvalue weighted by atomic mass is 9.80. The molecule has 2 nitrogen and oxygen atoms in total. The molecule has 0 aliphatic heterocycles. The minimum Gasteiger partial charge on any atom is -0.254 e. The third-order valence-corrected chi connectivity index (χ3v) is 12.2. The molecule has 0 saturated carbocycles. The van der Waals surface area contributed by atoms with Crippen LogP contribution in [-0.4, -0.2) is 9.97 Å². The van der Waals surface area contributed by atoms with Crippen LogP contribution in [0.3, 0.4) is 0 Å². The lowest BCUT2D eigenvalue weighted by Crippen LogP contribution is -2.15. The summed E-state index contributed by atoms with van der Waals surface area (Å²) in [6.07, 6.45) is 1.86. The van der Waals surface area contributed by atoms with Crippen molar-refractivity contribution in [3.63, 3.8) is 0 Å². The summed E-state index contributed by atoms with van der Waals surface area (Å²) in [4.78, 5) is 10.1. The Hall–Kier alpha value is -6.64. The molecule has 2 aromatic heterocycles. The summed E-state index contributed by atoms with van der Waals surface area (Å²) in [7, 11) is 0. The van der Waals surface area contributed by atoms with Crippen LogP contribution in [0.25, 0.3) is 109 Å². The molecule has 1 aliphatic rings. The molecule has 0 saturated heterocycles. The van der Waals surface area contributed by atoms with Gasteiger partial charge in [0, 0.05) is 27.9 Å². The SMILES string of the molecule is CC1(C)c2cc3c4ccccc4c4ccccc4c3cc2-c2cc3c(cc21)c1ccccc1c1c(-c2ccc4ccc5cccnc5c4n2)cccc31. The number of hydrogen-bond donors (Lipinski definition) is 0. The molecule has 0 bridgehead atoms. The molecule has 2 heterocycles. The lowest BCUT2D eigenvalue weighted by molar-refractivity contribution is 0.662. The van der Waals surface area contributed by atoms with Gasteiger partial charge in [-0.3, -0.25) is 4.98 Å². The van der Waals surface area contributed by atoms with E-state index in [4.69, 9.17) is 9.97 Å². The van der Waals surface area contributed by atoms with Gasteiger partial charge in [-0.05, 0) is 123 Å². The first kappa shape index (κ1) is 29.0. The first-order valence-electron chi connectivity index (χ1n) is 18.5. The smallest absolute Gasteiger partial charge is 0.0972 e. The second-order valence-corrected chi connectivity index (χ2v) is 15.3. The summed E-state index contributed by atoms with van der Waals surface area (Å²) in [5, 5.41) is 17.7. The van der Waals surface area contributed by atoms with E-state index in [-0.39, 0.29) is 5.41 Å². The number of hydrogen-bond acceptors (Lipinski definition) is 2. The summed E-state index contributed by atoms with van der Waals surface area (Å²) in [6, 6.07) is 56.2. The summed E-state index contributed by atoms with van der Waals surface area (Å²) < 4.78 is 0. The summed E-state index contributed by atoms with van der Waals surface area (Å²) in [5.41, 5.74) is 9.27. The lowest BCUT2D eigenvalue weighted by Gasteiger charge is -2.23. The Morgan fingerprint density at radius 1 is 0.377 bits per heavy atom. The second kappa shape index (κ2) is 10.2. The minimum atomic E-state index is -0.163. The fraction of sp³-hybridized carbons (Fsp3) is 0.0588. The van der Waals surface area contributed by atoms with Crippen molar-refractivity contribution >= 4 is 86.4 Å². The number of rotatable bonds is 1. The zero-order valence-electron chi connectivity index (χ0n) is 29.4. The molecule has 1 aliphatic carbocycles. The molecule has 0 amide bonds. The topological polar surface area (TPSA) is 25.8 Å². The highest BCUT2D eigenvalue weighted by molar-refractivity contribution is 6.30. The van der Waals surface area contributed by atoms with E-state index < -0.39 is 0 Å². The predicted octanol–water partition coefficient (Wildman–Crippen LogP) is 13.7. The third-order valence-electron chi connectivity index (χ3n) is 12.2. The van der Waals surface area contributed by atoms with Gasteiger partial charge in [0.15, 0.2) is 0 Å². The minimum absolute atomic E-state index is 0.163. The van der Waals surface area contributed by atoms with Crippen LogP contribution in [0.2, 0.25) is 0 Å². The average Bonchev–Trinajstić information content (AvgIpc) is 3.43. The van der Waals surface area contributed by atoms with Crippen LogP contribution < -0.4 is 0 Å². The Labute approximate surface area is 306 Å². The van der Waals surface area contributed by atoms with Gasteiger partial charge in [0.2, 0.25) is 0 Å². The molecule has 9 aromatic carbocycles. The van der Waals surface area contributed by atoms with Crippen LogP contribution in [0.15, 0.2) is 158 Å². The first-order chi connectivity index (χ1) is 26.0. The van der Waals surface area contributed by atoms with Crippen LogP contribution in [-0.2, 0) is 5.41 Å². The van der Waals surface area contributed by atoms with Crippen molar-refractivity contribution in [2.75, 3.05) is 0 Å². The predicted molar refractivity (Wildman–Crippen MR) is 225 cm³/mol. The molecular weight excluding hydrogens is 641 g/mol. The van der Waals surface area contributed by atoms with E-state index in [0.717, 1.165) is 33.1 Å². The molecule has 53 heavy (non-hydrogen) atoms. The first-order valence-corrected chi connectivity index (χ1v) is 18.5. The van der Waals surface area contributed by atoms with Crippen LogP contribution in [0.1, 0.15) is 25.0 Å². The van der Waals surface area contributed by atoms with Crippen LogP contribution in [0.5, 0.6) is 0 Å². The van der Waals surface area contributed by atoms with Gasteiger partial charge in [-0.2, -0.15) is 0 Å². The number of pyridine rings is 2. The van der Waals surface area contributed by atoms with Crippen molar-refractivity contribution in [1.29, 1.82) is 0 Å². The largest absolute Gasteiger partial charge is 0.254 e. The van der Waals surface area contributed by atoms with Gasteiger partial charge in [-0.1, -0.05) is 129 Å². The van der Waals surface area contributed by atoms with E-state index in [2.05, 4.69) is 159 Å². The molecule has 0 N–H and O–H groups in total.